The number of alkyl halides is 3. The molecule has 9 heteroatoms. The van der Waals surface area contributed by atoms with E-state index in [4.69, 9.17) is 23.2 Å². The second-order valence-corrected chi connectivity index (χ2v) is 9.55. The number of fused-ring (bicyclic) bond motifs is 1. The first-order chi connectivity index (χ1) is 15.1. The van der Waals surface area contributed by atoms with Gasteiger partial charge in [0, 0.05) is 33.9 Å². The normalized spacial score (nSPS) is 25.8. The molecule has 1 heterocycles. The Kier molecular flexibility index (Phi) is 6.59. The number of carbonyl (C=O) groups is 2. The summed E-state index contributed by atoms with van der Waals surface area (Å²) in [7, 11) is 0. The molecule has 0 bridgehead atoms. The van der Waals surface area contributed by atoms with Crippen molar-refractivity contribution in [3.8, 4) is 0 Å². The molecule has 1 N–H and O–H groups in total. The van der Waals surface area contributed by atoms with Crippen molar-refractivity contribution < 1.29 is 22.8 Å². The van der Waals surface area contributed by atoms with E-state index in [9.17, 15) is 22.8 Å². The zero-order valence-corrected chi connectivity index (χ0v) is 18.7. The number of benzene rings is 1. The van der Waals surface area contributed by atoms with Gasteiger partial charge < -0.3 is 10.2 Å². The third-order valence-electron chi connectivity index (χ3n) is 6.49. The lowest BCUT2D eigenvalue weighted by Crippen LogP contribution is -2.43. The van der Waals surface area contributed by atoms with E-state index in [-0.39, 0.29) is 17.0 Å². The molecule has 1 unspecified atom stereocenters. The maximum absolute atomic E-state index is 13.0. The van der Waals surface area contributed by atoms with E-state index in [1.165, 1.54) is 0 Å². The van der Waals surface area contributed by atoms with Crippen LogP contribution in [-0.2, 0) is 16.0 Å². The minimum Gasteiger partial charge on any atom is -0.353 e. The van der Waals surface area contributed by atoms with Crippen LogP contribution in [0.4, 0.5) is 18.9 Å². The highest BCUT2D eigenvalue weighted by Gasteiger charge is 2.39. The summed E-state index contributed by atoms with van der Waals surface area (Å²) in [5, 5.41) is 3.61. The average Bonchev–Trinajstić information content (AvgIpc) is 3.03. The van der Waals surface area contributed by atoms with Crippen molar-refractivity contribution in [2.24, 2.45) is 11.8 Å². The molecular formula is C23H23Cl2F3N2O2. The monoisotopic (exact) mass is 486 g/mol. The summed E-state index contributed by atoms with van der Waals surface area (Å²) < 4.78 is 39.0. The van der Waals surface area contributed by atoms with Gasteiger partial charge in [-0.1, -0.05) is 29.3 Å². The quantitative estimate of drug-likeness (QED) is 0.607. The first-order valence-corrected chi connectivity index (χ1v) is 11.4. The van der Waals surface area contributed by atoms with Crippen LogP contribution in [0.25, 0.3) is 0 Å². The Labute approximate surface area is 194 Å². The van der Waals surface area contributed by atoms with Crippen LogP contribution in [0.1, 0.15) is 37.7 Å². The van der Waals surface area contributed by atoms with Crippen LogP contribution >= 0.6 is 23.2 Å². The van der Waals surface area contributed by atoms with Gasteiger partial charge in [0.1, 0.15) is 0 Å². The molecule has 0 aromatic heterocycles. The maximum atomic E-state index is 13.0. The number of allylic oxidation sites excluding steroid dienone is 3. The minimum absolute atomic E-state index is 0.0601. The predicted octanol–water partition coefficient (Wildman–Crippen LogP) is 5.54. The number of rotatable bonds is 4. The second-order valence-electron chi connectivity index (χ2n) is 8.68. The first kappa shape index (κ1) is 23.2. The Morgan fingerprint density at radius 2 is 1.84 bits per heavy atom. The van der Waals surface area contributed by atoms with Crippen molar-refractivity contribution in [3.05, 3.63) is 51.5 Å². The van der Waals surface area contributed by atoms with E-state index >= 15 is 0 Å². The number of hydrogen-bond acceptors (Lipinski definition) is 2. The van der Waals surface area contributed by atoms with Gasteiger partial charge in [-0.2, -0.15) is 13.2 Å². The average molecular weight is 487 g/mol. The Balaban J connectivity index is 1.29. The van der Waals surface area contributed by atoms with E-state index in [1.54, 1.807) is 6.07 Å². The van der Waals surface area contributed by atoms with Crippen molar-refractivity contribution in [2.45, 2.75) is 50.7 Å². The van der Waals surface area contributed by atoms with Gasteiger partial charge in [-0.15, -0.1) is 0 Å². The minimum atomic E-state index is -4.47. The van der Waals surface area contributed by atoms with Gasteiger partial charge in [0.15, 0.2) is 0 Å². The molecule has 1 atom stereocenters. The van der Waals surface area contributed by atoms with Gasteiger partial charge in [0.2, 0.25) is 11.8 Å². The molecule has 2 amide bonds. The molecule has 4 nitrogen and oxygen atoms in total. The van der Waals surface area contributed by atoms with Crippen LogP contribution in [-0.4, -0.2) is 30.6 Å². The smallest absolute Gasteiger partial charge is 0.353 e. The largest absolute Gasteiger partial charge is 0.412 e. The highest BCUT2D eigenvalue weighted by molar-refractivity contribution is 6.31. The lowest BCUT2D eigenvalue weighted by atomic mass is 9.85. The van der Waals surface area contributed by atoms with Gasteiger partial charge in [-0.25, -0.2) is 0 Å². The molecule has 0 saturated heterocycles. The maximum Gasteiger partial charge on any atom is 0.412 e. The Morgan fingerprint density at radius 1 is 1.12 bits per heavy atom. The first-order valence-electron chi connectivity index (χ1n) is 10.6. The molecule has 32 heavy (non-hydrogen) atoms. The molecule has 1 saturated carbocycles. The topological polar surface area (TPSA) is 49.4 Å². The molecule has 1 aliphatic heterocycles. The zero-order valence-electron chi connectivity index (χ0n) is 17.2. The number of carbonyl (C=O) groups excluding carboxylic acids is 2. The summed E-state index contributed by atoms with van der Waals surface area (Å²) in [6.45, 7) is 0.616. The van der Waals surface area contributed by atoms with Crippen LogP contribution < -0.4 is 10.2 Å². The van der Waals surface area contributed by atoms with Crippen LogP contribution in [0, 0.1) is 11.8 Å². The fourth-order valence-corrected chi connectivity index (χ4v) is 5.15. The van der Waals surface area contributed by atoms with Crippen molar-refractivity contribution >= 4 is 40.7 Å². The fourth-order valence-electron chi connectivity index (χ4n) is 4.71. The van der Waals surface area contributed by atoms with Crippen LogP contribution in [0.5, 0.6) is 0 Å². The SMILES string of the molecule is O=C(NC1CCC(CN2C(=O)Cc3cc(Cl)ccc32)CC1)C1CC(C(F)(F)F)=CC=C1Cl. The molecule has 1 aromatic rings. The highest BCUT2D eigenvalue weighted by atomic mass is 35.5. The summed E-state index contributed by atoms with van der Waals surface area (Å²) in [4.78, 5) is 26.9. The fraction of sp³-hybridized carbons (Fsp3) is 0.478. The molecule has 3 aliphatic rings. The molecule has 0 spiro atoms. The van der Waals surface area contributed by atoms with E-state index < -0.39 is 30.0 Å². The van der Waals surface area contributed by atoms with Crippen LogP contribution in [0.15, 0.2) is 41.0 Å². The molecule has 4 rings (SSSR count). The lowest BCUT2D eigenvalue weighted by Gasteiger charge is -2.33. The lowest BCUT2D eigenvalue weighted by molar-refractivity contribution is -0.125. The van der Waals surface area contributed by atoms with Gasteiger partial charge in [-0.3, -0.25) is 9.59 Å². The van der Waals surface area contributed by atoms with Gasteiger partial charge >= 0.3 is 6.18 Å². The Bertz CT molecular complexity index is 982. The number of nitrogens with one attached hydrogen (secondary N) is 1. The summed E-state index contributed by atoms with van der Waals surface area (Å²) in [6.07, 6.45) is 0.590. The van der Waals surface area contributed by atoms with E-state index in [2.05, 4.69) is 5.32 Å². The van der Waals surface area contributed by atoms with E-state index in [0.717, 1.165) is 36.2 Å². The third-order valence-corrected chi connectivity index (χ3v) is 7.11. The number of nitrogens with zero attached hydrogens (tertiary/aromatic N) is 1. The van der Waals surface area contributed by atoms with Gasteiger partial charge in [0.05, 0.1) is 12.3 Å². The number of halogens is 5. The number of amides is 2. The van der Waals surface area contributed by atoms with E-state index in [0.29, 0.717) is 36.7 Å². The molecule has 1 fully saturated rings. The van der Waals surface area contributed by atoms with Gasteiger partial charge in [0.25, 0.3) is 0 Å². The Hall–Kier alpha value is -1.99. The molecular weight excluding hydrogens is 464 g/mol. The zero-order chi connectivity index (χ0) is 23.0. The Morgan fingerprint density at radius 3 is 2.53 bits per heavy atom. The molecule has 1 aromatic carbocycles. The summed E-state index contributed by atoms with van der Waals surface area (Å²) >= 11 is 12.1. The summed E-state index contributed by atoms with van der Waals surface area (Å²) in [6, 6.07) is 5.37. The van der Waals surface area contributed by atoms with Crippen molar-refractivity contribution in [1.29, 1.82) is 0 Å². The number of hydrogen-bond donors (Lipinski definition) is 1. The standard InChI is InChI=1S/C23H23Cl2F3N2O2/c24-16-4-8-20-14(9-16)10-21(31)30(20)12-13-1-5-17(6-2-13)29-22(32)18-11-15(23(26,27)28)3-7-19(18)25/h3-4,7-9,13,17-18H,1-2,5-6,10-12H2,(H,29,32). The third kappa shape index (κ3) is 4.99. The second kappa shape index (κ2) is 9.10. The van der Waals surface area contributed by atoms with Crippen molar-refractivity contribution in [2.75, 3.05) is 11.4 Å². The summed E-state index contributed by atoms with van der Waals surface area (Å²) in [5.41, 5.74) is 1.10. The van der Waals surface area contributed by atoms with Gasteiger partial charge in [-0.05, 0) is 67.9 Å². The van der Waals surface area contributed by atoms with Crippen LogP contribution in [0.3, 0.4) is 0 Å². The summed E-state index contributed by atoms with van der Waals surface area (Å²) in [5.74, 6) is -1.12. The van der Waals surface area contributed by atoms with Crippen molar-refractivity contribution in [1.82, 2.24) is 5.32 Å². The molecule has 0 radical (unpaired) electrons. The highest BCUT2D eigenvalue weighted by Crippen LogP contribution is 2.38. The molecule has 2 aliphatic carbocycles. The number of anilines is 1. The van der Waals surface area contributed by atoms with Crippen LogP contribution in [0.2, 0.25) is 5.02 Å². The van der Waals surface area contributed by atoms with Crippen molar-refractivity contribution in [3.63, 3.8) is 0 Å². The molecule has 172 valence electrons. The van der Waals surface area contributed by atoms with E-state index in [1.807, 2.05) is 17.0 Å². The predicted molar refractivity (Wildman–Crippen MR) is 118 cm³/mol.